The molecule has 0 bridgehead atoms. The summed E-state index contributed by atoms with van der Waals surface area (Å²) in [5.41, 5.74) is 5.31. The molecule has 1 unspecified atom stereocenters. The maximum absolute atomic E-state index is 13.9. The van der Waals surface area contributed by atoms with Crippen molar-refractivity contribution in [2.24, 2.45) is 4.99 Å². The van der Waals surface area contributed by atoms with Crippen LogP contribution in [0.15, 0.2) is 59.1 Å². The number of amidine groups is 1. The molecule has 0 spiro atoms. The predicted octanol–water partition coefficient (Wildman–Crippen LogP) is 4.17. The van der Waals surface area contributed by atoms with Crippen LogP contribution in [-0.4, -0.2) is 21.7 Å². The van der Waals surface area contributed by atoms with E-state index in [9.17, 15) is 9.18 Å². The monoisotopic (exact) mass is 350 g/mol. The lowest BCUT2D eigenvalue weighted by atomic mass is 9.82. The van der Waals surface area contributed by atoms with Gasteiger partial charge < -0.3 is 0 Å². The number of rotatable bonds is 1. The lowest BCUT2D eigenvalue weighted by molar-refractivity contribution is -0.125. The first-order valence-corrected chi connectivity index (χ1v) is 9.31. The number of thioether (sulfide) groups is 1. The molecular weight excluding hydrogens is 335 g/mol. The lowest BCUT2D eigenvalue weighted by Gasteiger charge is -2.37. The molecule has 2 heterocycles. The van der Waals surface area contributed by atoms with Gasteiger partial charge in [0.15, 0.2) is 5.17 Å². The van der Waals surface area contributed by atoms with Crippen LogP contribution >= 0.6 is 11.8 Å². The molecule has 2 aliphatic heterocycles. The van der Waals surface area contributed by atoms with Crippen molar-refractivity contribution < 1.29 is 9.18 Å². The van der Waals surface area contributed by atoms with Crippen molar-refractivity contribution in [2.45, 2.75) is 18.9 Å². The third-order valence-electron chi connectivity index (χ3n) is 5.00. The molecule has 0 N–H and O–H groups in total. The first kappa shape index (κ1) is 14.9. The number of aryl methyl sites for hydroxylation is 1. The molecule has 1 saturated heterocycles. The third-order valence-corrected chi connectivity index (χ3v) is 5.94. The molecule has 124 valence electrons. The van der Waals surface area contributed by atoms with E-state index in [0.717, 1.165) is 40.4 Å². The summed E-state index contributed by atoms with van der Waals surface area (Å²) < 4.78 is 13.9. The summed E-state index contributed by atoms with van der Waals surface area (Å²) in [6.07, 6.45) is 1.75. The van der Waals surface area contributed by atoms with E-state index in [1.54, 1.807) is 11.0 Å². The quantitative estimate of drug-likeness (QED) is 0.773. The van der Waals surface area contributed by atoms with Crippen LogP contribution < -0.4 is 0 Å². The van der Waals surface area contributed by atoms with Crippen molar-refractivity contribution >= 4 is 28.5 Å². The van der Waals surface area contributed by atoms with Crippen LogP contribution in [0.2, 0.25) is 0 Å². The Morgan fingerprint density at radius 2 is 2.00 bits per heavy atom. The Kier molecular flexibility index (Phi) is 3.31. The van der Waals surface area contributed by atoms with E-state index in [2.05, 4.69) is 12.1 Å². The van der Waals surface area contributed by atoms with Gasteiger partial charge in [0.05, 0.1) is 17.5 Å². The second kappa shape index (κ2) is 5.56. The molecule has 25 heavy (non-hydrogen) atoms. The van der Waals surface area contributed by atoms with Crippen molar-refractivity contribution in [3.8, 4) is 0 Å². The lowest BCUT2D eigenvalue weighted by Crippen LogP contribution is -2.38. The van der Waals surface area contributed by atoms with Crippen LogP contribution in [0.1, 0.15) is 29.2 Å². The van der Waals surface area contributed by atoms with Gasteiger partial charge in [-0.2, -0.15) is 0 Å². The predicted molar refractivity (Wildman–Crippen MR) is 97.6 cm³/mol. The number of fused-ring (bicyclic) bond motifs is 3. The van der Waals surface area contributed by atoms with E-state index in [-0.39, 0.29) is 17.8 Å². The fourth-order valence-electron chi connectivity index (χ4n) is 3.92. The Morgan fingerprint density at radius 1 is 1.12 bits per heavy atom. The van der Waals surface area contributed by atoms with Gasteiger partial charge in [-0.3, -0.25) is 9.69 Å². The summed E-state index contributed by atoms with van der Waals surface area (Å²) in [6, 6.07) is 14.6. The highest BCUT2D eigenvalue weighted by atomic mass is 32.2. The van der Waals surface area contributed by atoms with Gasteiger partial charge in [-0.05, 0) is 41.7 Å². The second-order valence-electron chi connectivity index (χ2n) is 6.44. The normalized spacial score (nSPS) is 21.6. The van der Waals surface area contributed by atoms with Gasteiger partial charge in [0, 0.05) is 5.56 Å². The summed E-state index contributed by atoms with van der Waals surface area (Å²) in [4.78, 5) is 19.1. The zero-order chi connectivity index (χ0) is 17.0. The summed E-state index contributed by atoms with van der Waals surface area (Å²) in [5.74, 6) is 0.162. The maximum atomic E-state index is 13.9. The average molecular weight is 350 g/mol. The minimum absolute atomic E-state index is 0.0448. The molecule has 1 atom stereocenters. The van der Waals surface area contributed by atoms with Gasteiger partial charge in [0.25, 0.3) is 0 Å². The van der Waals surface area contributed by atoms with E-state index in [0.29, 0.717) is 5.75 Å². The molecule has 2 aromatic carbocycles. The van der Waals surface area contributed by atoms with Crippen molar-refractivity contribution in [1.29, 1.82) is 0 Å². The molecule has 1 aliphatic carbocycles. The van der Waals surface area contributed by atoms with Crippen LogP contribution in [0.25, 0.3) is 5.70 Å². The highest BCUT2D eigenvalue weighted by Gasteiger charge is 2.42. The largest absolute Gasteiger partial charge is 0.279 e. The standard InChI is InChI=1S/C20H15FN2OS/c21-14-6-3-5-13(10-14)19-16-9-8-12-4-1-2-7-15(12)18(16)22-20-23(19)17(24)11-25-20/h1-7,10,19H,8-9,11H2. The smallest absolute Gasteiger partial charge is 0.239 e. The minimum Gasteiger partial charge on any atom is -0.279 e. The van der Waals surface area contributed by atoms with Crippen LogP contribution in [-0.2, 0) is 11.2 Å². The Bertz CT molecular complexity index is 966. The van der Waals surface area contributed by atoms with Gasteiger partial charge >= 0.3 is 0 Å². The number of carbonyl (C=O) groups excluding carboxylic acids is 1. The molecule has 2 aromatic rings. The maximum Gasteiger partial charge on any atom is 0.239 e. The number of carbonyl (C=O) groups is 1. The SMILES string of the molecule is O=C1CSC2=NC3=C(CCc4ccccc43)C(c3cccc(F)c3)N12. The van der Waals surface area contributed by atoms with Crippen LogP contribution in [0.3, 0.4) is 0 Å². The molecule has 5 heteroatoms. The molecule has 0 radical (unpaired) electrons. The molecule has 5 rings (SSSR count). The number of aliphatic imine (C=N–C) groups is 1. The zero-order valence-corrected chi connectivity index (χ0v) is 14.2. The van der Waals surface area contributed by atoms with Gasteiger partial charge in [-0.1, -0.05) is 48.2 Å². The number of halogens is 1. The van der Waals surface area contributed by atoms with Crippen LogP contribution in [0.4, 0.5) is 4.39 Å². The van der Waals surface area contributed by atoms with Gasteiger partial charge in [0.2, 0.25) is 5.91 Å². The highest BCUT2D eigenvalue weighted by molar-refractivity contribution is 8.15. The Hall–Kier alpha value is -2.40. The summed E-state index contributed by atoms with van der Waals surface area (Å²) >= 11 is 1.47. The molecular formula is C20H15FN2OS. The summed E-state index contributed by atoms with van der Waals surface area (Å²) in [7, 11) is 0. The second-order valence-corrected chi connectivity index (χ2v) is 7.38. The highest BCUT2D eigenvalue weighted by Crippen LogP contribution is 2.47. The summed E-state index contributed by atoms with van der Waals surface area (Å²) in [6.45, 7) is 0. The first-order chi connectivity index (χ1) is 12.2. The van der Waals surface area contributed by atoms with Gasteiger partial charge in [0.1, 0.15) is 5.82 Å². The molecule has 0 aromatic heterocycles. The van der Waals surface area contributed by atoms with Crippen molar-refractivity contribution in [3.05, 3.63) is 76.6 Å². The molecule has 3 aliphatic rings. The zero-order valence-electron chi connectivity index (χ0n) is 13.4. The van der Waals surface area contributed by atoms with E-state index < -0.39 is 0 Å². The number of hydrogen-bond donors (Lipinski definition) is 0. The minimum atomic E-state index is -0.278. The first-order valence-electron chi connectivity index (χ1n) is 8.33. The molecule has 1 amide bonds. The molecule has 3 nitrogen and oxygen atoms in total. The number of nitrogens with zero attached hydrogens (tertiary/aromatic N) is 2. The fourth-order valence-corrected chi connectivity index (χ4v) is 4.81. The Balaban J connectivity index is 1.74. The molecule has 1 fully saturated rings. The Morgan fingerprint density at radius 3 is 2.88 bits per heavy atom. The van der Waals surface area contributed by atoms with E-state index >= 15 is 0 Å². The van der Waals surface area contributed by atoms with Crippen molar-refractivity contribution in [3.63, 3.8) is 0 Å². The van der Waals surface area contributed by atoms with Crippen molar-refractivity contribution in [1.82, 2.24) is 4.90 Å². The average Bonchev–Trinajstić information content (AvgIpc) is 3.00. The van der Waals surface area contributed by atoms with E-state index in [1.807, 2.05) is 18.2 Å². The topological polar surface area (TPSA) is 32.7 Å². The number of amides is 1. The van der Waals surface area contributed by atoms with Crippen LogP contribution in [0, 0.1) is 5.82 Å². The Labute approximate surface area is 149 Å². The van der Waals surface area contributed by atoms with Gasteiger partial charge in [-0.15, -0.1) is 0 Å². The summed E-state index contributed by atoms with van der Waals surface area (Å²) in [5, 5.41) is 0.731. The fraction of sp³-hybridized carbons (Fsp3) is 0.200. The number of hydrogen-bond acceptors (Lipinski definition) is 3. The van der Waals surface area contributed by atoms with Crippen molar-refractivity contribution in [2.75, 3.05) is 5.75 Å². The van der Waals surface area contributed by atoms with E-state index in [1.165, 1.54) is 29.5 Å². The molecule has 0 saturated carbocycles. The van der Waals surface area contributed by atoms with E-state index in [4.69, 9.17) is 4.99 Å². The van der Waals surface area contributed by atoms with Gasteiger partial charge in [-0.25, -0.2) is 9.38 Å². The van der Waals surface area contributed by atoms with Crippen LogP contribution in [0.5, 0.6) is 0 Å². The number of benzene rings is 2. The third kappa shape index (κ3) is 2.26.